The highest BCUT2D eigenvalue weighted by atomic mass is 16.2. The standard InChI is InChI=1S/C24H39N5O2/c1-24(2,3)27-23(31)26-19-11-16-29(17-12-19)21-10-6-5-9-20(21)22(30)25-13-18-28-14-7-4-8-15-28/h5-6,9-10,19H,4,7-8,11-18H2,1-3H3,(H,25,30)(H2,26,27,31). The van der Waals surface area contributed by atoms with Gasteiger partial charge in [0.25, 0.3) is 5.91 Å². The Bertz CT molecular complexity index is 732. The molecule has 3 N–H and O–H groups in total. The van der Waals surface area contributed by atoms with Crippen LogP contribution in [0.1, 0.15) is 63.2 Å². The maximum Gasteiger partial charge on any atom is 0.315 e. The summed E-state index contributed by atoms with van der Waals surface area (Å²) in [7, 11) is 0. The van der Waals surface area contributed by atoms with E-state index in [2.05, 4.69) is 25.8 Å². The van der Waals surface area contributed by atoms with Gasteiger partial charge in [0.2, 0.25) is 0 Å². The molecular formula is C24H39N5O2. The molecule has 7 nitrogen and oxygen atoms in total. The van der Waals surface area contributed by atoms with E-state index in [1.807, 2.05) is 45.0 Å². The Morgan fingerprint density at radius 3 is 2.35 bits per heavy atom. The summed E-state index contributed by atoms with van der Waals surface area (Å²) in [5, 5.41) is 9.15. The smallest absolute Gasteiger partial charge is 0.315 e. The lowest BCUT2D eigenvalue weighted by molar-refractivity contribution is 0.0947. The summed E-state index contributed by atoms with van der Waals surface area (Å²) in [5.41, 5.74) is 1.47. The quantitative estimate of drug-likeness (QED) is 0.650. The number of benzene rings is 1. The van der Waals surface area contributed by atoms with Crippen molar-refractivity contribution in [1.82, 2.24) is 20.9 Å². The van der Waals surface area contributed by atoms with Crippen LogP contribution in [0.2, 0.25) is 0 Å². The molecule has 2 aliphatic rings. The predicted octanol–water partition coefficient (Wildman–Crippen LogP) is 2.97. The van der Waals surface area contributed by atoms with Gasteiger partial charge in [0, 0.05) is 43.4 Å². The van der Waals surface area contributed by atoms with Gasteiger partial charge in [-0.3, -0.25) is 4.79 Å². The molecule has 7 heteroatoms. The van der Waals surface area contributed by atoms with E-state index in [0.29, 0.717) is 6.54 Å². The highest BCUT2D eigenvalue weighted by Crippen LogP contribution is 2.24. The molecular weight excluding hydrogens is 390 g/mol. The third kappa shape index (κ3) is 7.42. The van der Waals surface area contributed by atoms with Gasteiger partial charge in [0.15, 0.2) is 0 Å². The van der Waals surface area contributed by atoms with Crippen LogP contribution in [0.15, 0.2) is 24.3 Å². The number of hydrogen-bond acceptors (Lipinski definition) is 4. The molecule has 0 unspecified atom stereocenters. The lowest BCUT2D eigenvalue weighted by atomic mass is 10.0. The Labute approximate surface area is 186 Å². The molecule has 2 fully saturated rings. The van der Waals surface area contributed by atoms with Gasteiger partial charge in [-0.2, -0.15) is 0 Å². The fraction of sp³-hybridized carbons (Fsp3) is 0.667. The molecule has 1 aromatic rings. The highest BCUT2D eigenvalue weighted by molar-refractivity contribution is 5.99. The van der Waals surface area contributed by atoms with E-state index < -0.39 is 0 Å². The van der Waals surface area contributed by atoms with Crippen molar-refractivity contribution in [2.45, 2.75) is 64.5 Å². The Kier molecular flexibility index (Phi) is 8.18. The monoisotopic (exact) mass is 429 g/mol. The van der Waals surface area contributed by atoms with Crippen LogP contribution in [-0.4, -0.2) is 67.7 Å². The van der Waals surface area contributed by atoms with Gasteiger partial charge in [0.1, 0.15) is 0 Å². The normalized spacial score (nSPS) is 18.5. The molecule has 0 aliphatic carbocycles. The summed E-state index contributed by atoms with van der Waals surface area (Å²) in [5.74, 6) is -0.00240. The van der Waals surface area contributed by atoms with E-state index >= 15 is 0 Å². The Hall–Kier alpha value is -2.28. The van der Waals surface area contributed by atoms with Crippen molar-refractivity contribution < 1.29 is 9.59 Å². The number of nitrogens with one attached hydrogen (secondary N) is 3. The van der Waals surface area contributed by atoms with Crippen molar-refractivity contribution in [1.29, 1.82) is 0 Å². The van der Waals surface area contributed by atoms with Crippen molar-refractivity contribution in [3.8, 4) is 0 Å². The topological polar surface area (TPSA) is 76.7 Å². The van der Waals surface area contributed by atoms with Crippen molar-refractivity contribution >= 4 is 17.6 Å². The van der Waals surface area contributed by atoms with Crippen LogP contribution in [0.5, 0.6) is 0 Å². The first-order valence-electron chi connectivity index (χ1n) is 11.7. The SMILES string of the molecule is CC(C)(C)NC(=O)NC1CCN(c2ccccc2C(=O)NCCN2CCCCC2)CC1. The number of piperidine rings is 2. The van der Waals surface area contributed by atoms with Crippen LogP contribution in [0, 0.1) is 0 Å². The molecule has 0 saturated carbocycles. The summed E-state index contributed by atoms with van der Waals surface area (Å²) in [6.45, 7) is 11.4. The molecule has 31 heavy (non-hydrogen) atoms. The third-order valence-corrected chi connectivity index (χ3v) is 5.97. The van der Waals surface area contributed by atoms with Gasteiger partial charge >= 0.3 is 6.03 Å². The molecule has 2 aliphatic heterocycles. The zero-order valence-corrected chi connectivity index (χ0v) is 19.4. The van der Waals surface area contributed by atoms with Crippen LogP contribution >= 0.6 is 0 Å². The van der Waals surface area contributed by atoms with Gasteiger partial charge in [-0.05, 0) is 71.7 Å². The van der Waals surface area contributed by atoms with Crippen LogP contribution in [0.3, 0.4) is 0 Å². The Morgan fingerprint density at radius 1 is 1.00 bits per heavy atom. The van der Waals surface area contributed by atoms with Crippen molar-refractivity contribution in [2.24, 2.45) is 0 Å². The predicted molar refractivity (Wildman–Crippen MR) is 126 cm³/mol. The molecule has 1 aromatic carbocycles. The van der Waals surface area contributed by atoms with Gasteiger partial charge in [-0.25, -0.2) is 4.79 Å². The fourth-order valence-corrected chi connectivity index (χ4v) is 4.37. The van der Waals surface area contributed by atoms with Gasteiger partial charge in [-0.15, -0.1) is 0 Å². The first kappa shape index (κ1) is 23.4. The van der Waals surface area contributed by atoms with E-state index in [9.17, 15) is 9.59 Å². The molecule has 0 radical (unpaired) electrons. The summed E-state index contributed by atoms with van der Waals surface area (Å²) in [6, 6.07) is 7.89. The van der Waals surface area contributed by atoms with E-state index in [4.69, 9.17) is 0 Å². The van der Waals surface area contributed by atoms with Gasteiger partial charge in [0.05, 0.1) is 5.56 Å². The largest absolute Gasteiger partial charge is 0.371 e. The van der Waals surface area contributed by atoms with Crippen molar-refractivity contribution in [3.63, 3.8) is 0 Å². The molecule has 172 valence electrons. The first-order chi connectivity index (χ1) is 14.8. The first-order valence-corrected chi connectivity index (χ1v) is 11.7. The number of urea groups is 1. The molecule has 0 atom stereocenters. The minimum absolute atomic E-state index is 0.00240. The van der Waals surface area contributed by atoms with Crippen LogP contribution in [-0.2, 0) is 0 Å². The molecule has 0 spiro atoms. The number of likely N-dealkylation sites (tertiary alicyclic amines) is 1. The van der Waals surface area contributed by atoms with E-state index in [-0.39, 0.29) is 23.5 Å². The average Bonchev–Trinajstić information content (AvgIpc) is 2.73. The third-order valence-electron chi connectivity index (χ3n) is 5.97. The Morgan fingerprint density at radius 2 is 1.68 bits per heavy atom. The number of carbonyl (C=O) groups excluding carboxylic acids is 2. The van der Waals surface area contributed by atoms with Gasteiger partial charge < -0.3 is 25.8 Å². The lowest BCUT2D eigenvalue weighted by Crippen LogP contribution is -2.52. The number of carbonyl (C=O) groups is 2. The second kappa shape index (κ2) is 10.8. The summed E-state index contributed by atoms with van der Waals surface area (Å²) >= 11 is 0. The Balaban J connectivity index is 1.49. The van der Waals surface area contributed by atoms with E-state index in [1.165, 1.54) is 19.3 Å². The van der Waals surface area contributed by atoms with Crippen LogP contribution < -0.4 is 20.9 Å². The number of nitrogens with zero attached hydrogens (tertiary/aromatic N) is 2. The lowest BCUT2D eigenvalue weighted by Gasteiger charge is -2.35. The maximum atomic E-state index is 12.9. The van der Waals surface area contributed by atoms with Crippen molar-refractivity contribution in [2.75, 3.05) is 44.2 Å². The molecule has 0 aromatic heterocycles. The van der Waals surface area contributed by atoms with Gasteiger partial charge in [-0.1, -0.05) is 18.6 Å². The van der Waals surface area contributed by atoms with Crippen LogP contribution in [0.25, 0.3) is 0 Å². The number of hydrogen-bond donors (Lipinski definition) is 3. The second-order valence-electron chi connectivity index (χ2n) is 9.79. The highest BCUT2D eigenvalue weighted by Gasteiger charge is 2.24. The molecule has 0 bridgehead atoms. The number of amides is 3. The average molecular weight is 430 g/mol. The summed E-state index contributed by atoms with van der Waals surface area (Å²) in [6.07, 6.45) is 5.58. The zero-order valence-electron chi connectivity index (χ0n) is 19.4. The molecule has 3 amide bonds. The summed E-state index contributed by atoms with van der Waals surface area (Å²) < 4.78 is 0. The molecule has 2 saturated heterocycles. The van der Waals surface area contributed by atoms with Crippen LogP contribution in [0.4, 0.5) is 10.5 Å². The number of para-hydroxylation sites is 1. The zero-order chi connectivity index (χ0) is 22.3. The molecule has 2 heterocycles. The van der Waals surface area contributed by atoms with Crippen molar-refractivity contribution in [3.05, 3.63) is 29.8 Å². The minimum atomic E-state index is -0.245. The summed E-state index contributed by atoms with van der Waals surface area (Å²) in [4.78, 5) is 29.7. The second-order valence-corrected chi connectivity index (χ2v) is 9.79. The fourth-order valence-electron chi connectivity index (χ4n) is 4.37. The molecule has 3 rings (SSSR count). The van der Waals surface area contributed by atoms with E-state index in [0.717, 1.165) is 56.8 Å². The maximum absolute atomic E-state index is 12.9. The number of anilines is 1. The number of rotatable bonds is 6. The minimum Gasteiger partial charge on any atom is -0.371 e. The van der Waals surface area contributed by atoms with E-state index in [1.54, 1.807) is 0 Å².